The third-order valence-corrected chi connectivity index (χ3v) is 3.09. The second-order valence-corrected chi connectivity index (χ2v) is 5.48. The van der Waals surface area contributed by atoms with E-state index in [2.05, 4.69) is 16.2 Å². The maximum absolute atomic E-state index is 12.1. The van der Waals surface area contributed by atoms with E-state index in [1.54, 1.807) is 12.1 Å². The van der Waals surface area contributed by atoms with E-state index in [1.807, 2.05) is 14.1 Å². The second kappa shape index (κ2) is 8.66. The lowest BCUT2D eigenvalue weighted by atomic mass is 10.2. The van der Waals surface area contributed by atoms with E-state index >= 15 is 0 Å². The highest BCUT2D eigenvalue weighted by Gasteiger charge is 2.12. The number of hydrogen-bond acceptors (Lipinski definition) is 3. The Hall–Kier alpha value is -1.57. The lowest BCUT2D eigenvalue weighted by Crippen LogP contribution is -3.06. The number of likely N-dealkylation sites (N-methyl/N-ethyl adjacent to an activating group) is 1. The molecule has 4 N–H and O–H groups in total. The molecule has 0 unspecified atom stereocenters. The van der Waals surface area contributed by atoms with Crippen LogP contribution in [0.3, 0.4) is 0 Å². The van der Waals surface area contributed by atoms with Gasteiger partial charge in [0.2, 0.25) is 0 Å². The van der Waals surface area contributed by atoms with Crippen LogP contribution >= 0.6 is 23.8 Å². The molecule has 0 heterocycles. The monoisotopic (exact) mass is 331 g/mol. The number of thiocarbonyl (C=S) groups is 1. The second-order valence-electron chi connectivity index (χ2n) is 4.64. The van der Waals surface area contributed by atoms with Crippen molar-refractivity contribution >= 4 is 34.8 Å². The molecular weight excluding hydrogens is 312 g/mol. The summed E-state index contributed by atoms with van der Waals surface area (Å²) in [6, 6.07) is 4.82. The van der Waals surface area contributed by atoms with Gasteiger partial charge >= 0.3 is 0 Å². The summed E-state index contributed by atoms with van der Waals surface area (Å²) in [5, 5.41) is 3.79. The van der Waals surface area contributed by atoms with Crippen molar-refractivity contribution in [2.45, 2.75) is 0 Å². The molecule has 0 aliphatic heterocycles. The smallest absolute Gasteiger partial charge is 0.273 e. The zero-order chi connectivity index (χ0) is 15.8. The summed E-state index contributed by atoms with van der Waals surface area (Å²) in [6.07, 6.45) is 0. The Labute approximate surface area is 134 Å². The van der Waals surface area contributed by atoms with Gasteiger partial charge in [0.25, 0.3) is 5.91 Å². The number of ether oxygens (including phenoxy) is 1. The molecule has 1 aromatic rings. The van der Waals surface area contributed by atoms with Crippen LogP contribution in [0, 0.1) is 0 Å². The summed E-state index contributed by atoms with van der Waals surface area (Å²) in [5.74, 6) is 0.0607. The quantitative estimate of drug-likeness (QED) is 0.437. The highest BCUT2D eigenvalue weighted by atomic mass is 35.5. The minimum Gasteiger partial charge on any atom is -0.496 e. The zero-order valence-corrected chi connectivity index (χ0v) is 13.8. The number of amides is 1. The van der Waals surface area contributed by atoms with Crippen LogP contribution in [0.2, 0.25) is 5.02 Å². The zero-order valence-electron chi connectivity index (χ0n) is 12.2. The van der Waals surface area contributed by atoms with Gasteiger partial charge in [-0.15, -0.1) is 0 Å². The van der Waals surface area contributed by atoms with Crippen molar-refractivity contribution in [2.75, 3.05) is 34.3 Å². The molecule has 0 aliphatic carbocycles. The standard InChI is InChI=1S/C13H19ClN4O2S/c1-18(2)7-6-15-13(21)17-16-12(19)10-8-9(14)4-5-11(10)20-3/h4-5,8H,6-7H2,1-3H3,(H,16,19)(H2,15,17,21)/p+1. The number of carbonyl (C=O) groups excluding carboxylic acids is 1. The summed E-state index contributed by atoms with van der Waals surface area (Å²) in [7, 11) is 5.58. The van der Waals surface area contributed by atoms with Crippen LogP contribution in [0.1, 0.15) is 10.4 Å². The molecular formula is C13H20ClN4O2S+. The maximum atomic E-state index is 12.1. The number of benzene rings is 1. The Morgan fingerprint density at radius 3 is 2.71 bits per heavy atom. The summed E-state index contributed by atoms with van der Waals surface area (Å²) in [4.78, 5) is 13.4. The number of carbonyl (C=O) groups is 1. The SMILES string of the molecule is COc1ccc(Cl)cc1C(=O)NNC(=S)NCC[NH+](C)C. The van der Waals surface area contributed by atoms with Crippen LogP contribution in [0.5, 0.6) is 5.75 Å². The average molecular weight is 332 g/mol. The molecule has 0 saturated carbocycles. The van der Waals surface area contributed by atoms with Crippen molar-refractivity contribution in [3.8, 4) is 5.75 Å². The molecule has 0 aromatic heterocycles. The number of hydrogen-bond donors (Lipinski definition) is 4. The Morgan fingerprint density at radius 1 is 1.38 bits per heavy atom. The van der Waals surface area contributed by atoms with Crippen molar-refractivity contribution in [2.24, 2.45) is 0 Å². The van der Waals surface area contributed by atoms with Crippen LogP contribution in [0.15, 0.2) is 18.2 Å². The Bertz CT molecular complexity index is 511. The molecule has 1 rings (SSSR count). The first-order chi connectivity index (χ1) is 9.93. The van der Waals surface area contributed by atoms with Crippen LogP contribution in [0.25, 0.3) is 0 Å². The fraction of sp³-hybridized carbons (Fsp3) is 0.385. The van der Waals surface area contributed by atoms with E-state index in [9.17, 15) is 4.79 Å². The van der Waals surface area contributed by atoms with E-state index in [0.29, 0.717) is 28.0 Å². The number of quaternary nitrogens is 1. The molecule has 0 saturated heterocycles. The summed E-state index contributed by atoms with van der Waals surface area (Å²) in [5.41, 5.74) is 5.47. The third-order valence-electron chi connectivity index (χ3n) is 2.61. The molecule has 0 radical (unpaired) electrons. The topological polar surface area (TPSA) is 66.8 Å². The maximum Gasteiger partial charge on any atom is 0.273 e. The van der Waals surface area contributed by atoms with Gasteiger partial charge in [-0.2, -0.15) is 0 Å². The lowest BCUT2D eigenvalue weighted by Gasteiger charge is -2.14. The first-order valence-electron chi connectivity index (χ1n) is 6.40. The fourth-order valence-electron chi connectivity index (χ4n) is 1.51. The van der Waals surface area contributed by atoms with Gasteiger partial charge < -0.3 is 15.0 Å². The Balaban J connectivity index is 2.50. The molecule has 0 fully saturated rings. The van der Waals surface area contributed by atoms with Crippen LogP contribution < -0.4 is 25.8 Å². The van der Waals surface area contributed by atoms with Crippen molar-refractivity contribution in [3.63, 3.8) is 0 Å². The van der Waals surface area contributed by atoms with Gasteiger partial charge in [-0.25, -0.2) is 0 Å². The normalized spacial score (nSPS) is 10.1. The van der Waals surface area contributed by atoms with E-state index < -0.39 is 0 Å². The predicted octanol–water partition coefficient (Wildman–Crippen LogP) is -0.398. The molecule has 0 aliphatic rings. The molecule has 1 aromatic carbocycles. The minimum atomic E-state index is -0.378. The van der Waals surface area contributed by atoms with E-state index in [1.165, 1.54) is 18.1 Å². The highest BCUT2D eigenvalue weighted by Crippen LogP contribution is 2.22. The molecule has 0 bridgehead atoms. The van der Waals surface area contributed by atoms with E-state index in [0.717, 1.165) is 6.54 Å². The number of hydrazine groups is 1. The van der Waals surface area contributed by atoms with E-state index in [4.69, 9.17) is 28.6 Å². The largest absolute Gasteiger partial charge is 0.496 e. The first-order valence-corrected chi connectivity index (χ1v) is 7.19. The minimum absolute atomic E-state index is 0.332. The number of nitrogens with one attached hydrogen (secondary N) is 4. The number of halogens is 1. The molecule has 116 valence electrons. The summed E-state index contributed by atoms with van der Waals surface area (Å²) < 4.78 is 5.12. The van der Waals surface area contributed by atoms with Crippen molar-refractivity contribution < 1.29 is 14.4 Å². The number of rotatable bonds is 5. The van der Waals surface area contributed by atoms with Gasteiger partial charge in [0.15, 0.2) is 5.11 Å². The van der Waals surface area contributed by atoms with E-state index in [-0.39, 0.29) is 5.91 Å². The Kier molecular flexibility index (Phi) is 7.21. The predicted molar refractivity (Wildman–Crippen MR) is 86.9 cm³/mol. The van der Waals surface area contributed by atoms with Crippen molar-refractivity contribution in [1.29, 1.82) is 0 Å². The van der Waals surface area contributed by atoms with Gasteiger partial charge in [-0.1, -0.05) is 11.6 Å². The average Bonchev–Trinajstić information content (AvgIpc) is 2.44. The van der Waals surface area contributed by atoms with Crippen molar-refractivity contribution in [3.05, 3.63) is 28.8 Å². The van der Waals surface area contributed by atoms with Gasteiger partial charge in [0.05, 0.1) is 39.9 Å². The highest BCUT2D eigenvalue weighted by molar-refractivity contribution is 7.80. The van der Waals surface area contributed by atoms with Crippen LogP contribution in [-0.4, -0.2) is 45.3 Å². The molecule has 1 amide bonds. The first kappa shape index (κ1) is 17.5. The molecule has 0 spiro atoms. The number of methoxy groups -OCH3 is 1. The molecule has 0 atom stereocenters. The van der Waals surface area contributed by atoms with Crippen molar-refractivity contribution in [1.82, 2.24) is 16.2 Å². The third kappa shape index (κ3) is 6.16. The summed E-state index contributed by atoms with van der Waals surface area (Å²) in [6.45, 7) is 1.63. The Morgan fingerprint density at radius 2 is 2.10 bits per heavy atom. The fourth-order valence-corrected chi connectivity index (χ4v) is 1.83. The lowest BCUT2D eigenvalue weighted by molar-refractivity contribution is -0.856. The molecule has 8 heteroatoms. The van der Waals surface area contributed by atoms with Gasteiger partial charge in [0.1, 0.15) is 5.75 Å². The van der Waals surface area contributed by atoms with Gasteiger partial charge in [0, 0.05) is 5.02 Å². The van der Waals surface area contributed by atoms with Gasteiger partial charge in [-0.05, 0) is 30.4 Å². The molecule has 6 nitrogen and oxygen atoms in total. The van der Waals surface area contributed by atoms with Crippen LogP contribution in [0.4, 0.5) is 0 Å². The van der Waals surface area contributed by atoms with Gasteiger partial charge in [-0.3, -0.25) is 15.6 Å². The summed E-state index contributed by atoms with van der Waals surface area (Å²) >= 11 is 10.9. The van der Waals surface area contributed by atoms with Crippen LogP contribution in [-0.2, 0) is 0 Å². The molecule has 21 heavy (non-hydrogen) atoms.